The Hall–Kier alpha value is -5.39. The molecule has 2 aromatic rings. The van der Waals surface area contributed by atoms with Crippen molar-refractivity contribution < 1.29 is 43.2 Å². The van der Waals surface area contributed by atoms with Crippen LogP contribution in [0.5, 0.6) is 0 Å². The third-order valence-electron chi connectivity index (χ3n) is 4.59. The predicted molar refractivity (Wildman–Crippen MR) is 116 cm³/mol. The minimum absolute atomic E-state index is 0.00943. The van der Waals surface area contributed by atoms with E-state index >= 15 is 0 Å². The van der Waals surface area contributed by atoms with Crippen LogP contribution < -0.4 is 16.3 Å². The minimum atomic E-state index is -1.09. The second-order valence-electron chi connectivity index (χ2n) is 6.75. The number of benzene rings is 2. The van der Waals surface area contributed by atoms with Crippen molar-refractivity contribution in [3.8, 4) is 0 Å². The van der Waals surface area contributed by atoms with Crippen molar-refractivity contribution in [3.63, 3.8) is 0 Å². The summed E-state index contributed by atoms with van der Waals surface area (Å²) >= 11 is 0. The molecule has 1 heterocycles. The molecule has 0 unspecified atom stereocenters. The molecule has 0 saturated heterocycles. The molecule has 4 amide bonds. The van der Waals surface area contributed by atoms with Gasteiger partial charge in [-0.05, 0) is 24.3 Å². The molecule has 2 aromatic carbocycles. The lowest BCUT2D eigenvalue weighted by Gasteiger charge is -2.12. The molecule has 35 heavy (non-hydrogen) atoms. The maximum absolute atomic E-state index is 13.0. The summed E-state index contributed by atoms with van der Waals surface area (Å²) in [4.78, 5) is 93.1. The van der Waals surface area contributed by atoms with Gasteiger partial charge in [-0.2, -0.15) is 11.0 Å². The number of carbonyl (C=O) groups excluding carboxylic acids is 7. The second-order valence-corrected chi connectivity index (χ2v) is 6.75. The van der Waals surface area contributed by atoms with Crippen molar-refractivity contribution in [2.24, 2.45) is 0 Å². The van der Waals surface area contributed by atoms with Crippen molar-refractivity contribution in [1.82, 2.24) is 16.3 Å². The van der Waals surface area contributed by atoms with Crippen molar-refractivity contribution in [1.29, 1.82) is 0 Å². The number of rotatable bonds is 6. The van der Waals surface area contributed by atoms with Crippen molar-refractivity contribution >= 4 is 41.4 Å². The maximum Gasteiger partial charge on any atom is 0.355 e. The molecule has 0 aliphatic carbocycles. The van der Waals surface area contributed by atoms with Crippen LogP contribution in [0.4, 0.5) is 0 Å². The first-order chi connectivity index (χ1) is 16.7. The Morgan fingerprint density at radius 1 is 0.714 bits per heavy atom. The first-order valence-corrected chi connectivity index (χ1v) is 9.62. The maximum atomic E-state index is 13.0. The topological polar surface area (TPSA) is 174 Å². The third-order valence-corrected chi connectivity index (χ3v) is 4.59. The van der Waals surface area contributed by atoms with Crippen LogP contribution in [0.1, 0.15) is 57.4 Å². The van der Waals surface area contributed by atoms with E-state index in [9.17, 15) is 33.6 Å². The Balaban J connectivity index is 1.97. The summed E-state index contributed by atoms with van der Waals surface area (Å²) < 4.78 is 0. The monoisotopic (exact) mass is 477 g/mol. The van der Waals surface area contributed by atoms with E-state index in [4.69, 9.17) is 0 Å². The average molecular weight is 477 g/mol. The largest absolute Gasteiger partial charge is 0.355 e. The second kappa shape index (κ2) is 10.0. The standard InChI is InChI=1S/C23H15N3O9/c1-3-17(27)34-25-22(32)14-8-6-12(10-16(14)23(33)26-35-18(28)4-2)19(29)11-5-7-13-15(9-11)21(31)24-20(13)30/h3-10H,1-2H2,(H,25,32)(H,26,33)(H,24,30,31). The number of hydrogen-bond donors (Lipinski definition) is 3. The van der Waals surface area contributed by atoms with Crippen molar-refractivity contribution in [2.75, 3.05) is 0 Å². The summed E-state index contributed by atoms with van der Waals surface area (Å²) in [6.07, 6.45) is 1.56. The van der Waals surface area contributed by atoms with Crippen LogP contribution in [0.25, 0.3) is 0 Å². The Labute approximate surface area is 196 Å². The summed E-state index contributed by atoms with van der Waals surface area (Å²) in [6.45, 7) is 6.34. The van der Waals surface area contributed by atoms with E-state index in [-0.39, 0.29) is 27.8 Å². The first kappa shape index (κ1) is 24.3. The molecule has 0 atom stereocenters. The number of imide groups is 1. The van der Waals surface area contributed by atoms with E-state index in [0.29, 0.717) is 0 Å². The molecule has 0 saturated carbocycles. The number of fused-ring (bicyclic) bond motifs is 1. The van der Waals surface area contributed by atoms with E-state index in [1.807, 2.05) is 5.48 Å². The van der Waals surface area contributed by atoms with Crippen molar-refractivity contribution in [2.45, 2.75) is 0 Å². The van der Waals surface area contributed by atoms with Crippen LogP contribution >= 0.6 is 0 Å². The van der Waals surface area contributed by atoms with Crippen LogP contribution in [0.2, 0.25) is 0 Å². The van der Waals surface area contributed by atoms with Gasteiger partial charge in [0, 0.05) is 23.3 Å². The van der Waals surface area contributed by atoms with E-state index in [0.717, 1.165) is 24.3 Å². The Morgan fingerprint density at radius 3 is 1.83 bits per heavy atom. The lowest BCUT2D eigenvalue weighted by Crippen LogP contribution is -2.32. The number of hydroxylamine groups is 2. The third kappa shape index (κ3) is 5.17. The highest BCUT2D eigenvalue weighted by Gasteiger charge is 2.28. The number of nitrogens with one attached hydrogen (secondary N) is 3. The summed E-state index contributed by atoms with van der Waals surface area (Å²) in [7, 11) is 0. The fourth-order valence-corrected chi connectivity index (χ4v) is 2.93. The van der Waals surface area contributed by atoms with Gasteiger partial charge in [-0.25, -0.2) is 9.59 Å². The summed E-state index contributed by atoms with van der Waals surface area (Å²) in [5.74, 6) is -6.00. The zero-order chi connectivity index (χ0) is 25.7. The van der Waals surface area contributed by atoms with Crippen LogP contribution in [0, 0.1) is 0 Å². The van der Waals surface area contributed by atoms with Gasteiger partial charge in [-0.1, -0.05) is 25.3 Å². The molecule has 0 radical (unpaired) electrons. The molecule has 0 bridgehead atoms. The molecule has 1 aliphatic rings. The number of carbonyl (C=O) groups is 7. The molecule has 3 rings (SSSR count). The van der Waals surface area contributed by atoms with E-state index in [2.05, 4.69) is 28.1 Å². The van der Waals surface area contributed by atoms with Gasteiger partial charge < -0.3 is 9.68 Å². The lowest BCUT2D eigenvalue weighted by molar-refractivity contribution is -0.143. The van der Waals surface area contributed by atoms with Crippen molar-refractivity contribution in [3.05, 3.63) is 95.1 Å². The lowest BCUT2D eigenvalue weighted by atomic mass is 9.95. The summed E-state index contributed by atoms with van der Waals surface area (Å²) in [5.41, 5.74) is 2.91. The molecule has 12 nitrogen and oxygen atoms in total. The van der Waals surface area contributed by atoms with Gasteiger partial charge in [0.2, 0.25) is 0 Å². The average Bonchev–Trinajstić information content (AvgIpc) is 3.16. The van der Waals surface area contributed by atoms with E-state index in [1.165, 1.54) is 24.3 Å². The van der Waals surface area contributed by atoms with Gasteiger partial charge in [0.15, 0.2) is 5.78 Å². The molecule has 0 fully saturated rings. The molecule has 0 spiro atoms. The summed E-state index contributed by atoms with van der Waals surface area (Å²) in [5, 5.41) is 2.11. The fourth-order valence-electron chi connectivity index (χ4n) is 2.93. The van der Waals surface area contributed by atoms with Gasteiger partial charge in [0.1, 0.15) is 0 Å². The van der Waals surface area contributed by atoms with Gasteiger partial charge >= 0.3 is 11.9 Å². The molecular weight excluding hydrogens is 462 g/mol. The van der Waals surface area contributed by atoms with Gasteiger partial charge in [0.05, 0.1) is 22.3 Å². The van der Waals surface area contributed by atoms with Gasteiger partial charge in [-0.15, -0.1) is 0 Å². The predicted octanol–water partition coefficient (Wildman–Crippen LogP) is 0.549. The highest BCUT2D eigenvalue weighted by Crippen LogP contribution is 2.21. The van der Waals surface area contributed by atoms with Crippen LogP contribution in [-0.4, -0.2) is 41.4 Å². The fraction of sp³-hybridized carbons (Fsp3) is 0. The molecular formula is C23H15N3O9. The Bertz CT molecular complexity index is 1340. The van der Waals surface area contributed by atoms with Crippen LogP contribution in [0.15, 0.2) is 61.7 Å². The zero-order valence-corrected chi connectivity index (χ0v) is 17.7. The molecule has 1 aliphatic heterocycles. The van der Waals surface area contributed by atoms with Gasteiger partial charge in [-0.3, -0.25) is 29.3 Å². The van der Waals surface area contributed by atoms with Gasteiger partial charge in [0.25, 0.3) is 23.6 Å². The minimum Gasteiger partial charge on any atom is -0.336 e. The smallest absolute Gasteiger partial charge is 0.336 e. The van der Waals surface area contributed by atoms with Crippen LogP contribution in [0.3, 0.4) is 0 Å². The summed E-state index contributed by atoms with van der Waals surface area (Å²) in [6, 6.07) is 7.18. The zero-order valence-electron chi connectivity index (χ0n) is 17.7. The number of hydrogen-bond acceptors (Lipinski definition) is 9. The highest BCUT2D eigenvalue weighted by atomic mass is 16.7. The molecule has 3 N–H and O–H groups in total. The Morgan fingerprint density at radius 2 is 1.23 bits per heavy atom. The Kier molecular flexibility index (Phi) is 6.96. The van der Waals surface area contributed by atoms with Crippen LogP contribution in [-0.2, 0) is 19.3 Å². The molecule has 176 valence electrons. The van der Waals surface area contributed by atoms with E-state index < -0.39 is 46.9 Å². The number of ketones is 1. The van der Waals surface area contributed by atoms with E-state index in [1.54, 1.807) is 5.48 Å². The number of amides is 4. The first-order valence-electron chi connectivity index (χ1n) is 9.62. The molecule has 12 heteroatoms. The quantitative estimate of drug-likeness (QED) is 0.232. The highest BCUT2D eigenvalue weighted by molar-refractivity contribution is 6.23. The SMILES string of the molecule is C=CC(=O)ONC(=O)c1ccc(C(=O)c2ccc3c(c2)C(=O)NC3=O)cc1C(=O)NOC(=O)C=C. The normalized spacial score (nSPS) is 11.4. The molecule has 0 aromatic heterocycles.